The molecular formula is C21H13BrCl2N2S. The molecule has 6 heteroatoms. The maximum Gasteiger partial charge on any atom is 0.195 e. The predicted molar refractivity (Wildman–Crippen MR) is 118 cm³/mol. The predicted octanol–water partition coefficient (Wildman–Crippen LogP) is 7.51. The molecule has 0 bridgehead atoms. The average molecular weight is 476 g/mol. The molecule has 0 fully saturated rings. The molecule has 3 aromatic carbocycles. The van der Waals surface area contributed by atoms with Gasteiger partial charge in [-0.15, -0.1) is 11.3 Å². The minimum absolute atomic E-state index is 0.696. The maximum atomic E-state index is 6.08. The second-order valence-electron chi connectivity index (χ2n) is 5.81. The highest BCUT2D eigenvalue weighted by atomic mass is 79.9. The van der Waals surface area contributed by atoms with Crippen molar-refractivity contribution in [1.82, 2.24) is 4.57 Å². The third-order valence-electron chi connectivity index (χ3n) is 3.98. The van der Waals surface area contributed by atoms with Crippen molar-refractivity contribution in [2.45, 2.75) is 0 Å². The molecule has 0 saturated carbocycles. The van der Waals surface area contributed by atoms with Crippen molar-refractivity contribution >= 4 is 56.2 Å². The zero-order valence-electron chi connectivity index (χ0n) is 13.9. The van der Waals surface area contributed by atoms with Gasteiger partial charge in [0.1, 0.15) is 0 Å². The molecule has 0 saturated heterocycles. The van der Waals surface area contributed by atoms with Crippen LogP contribution in [-0.2, 0) is 0 Å². The van der Waals surface area contributed by atoms with Crippen molar-refractivity contribution in [3.63, 3.8) is 0 Å². The minimum atomic E-state index is 0.696. The van der Waals surface area contributed by atoms with E-state index >= 15 is 0 Å². The highest BCUT2D eigenvalue weighted by Gasteiger charge is 2.10. The van der Waals surface area contributed by atoms with Crippen molar-refractivity contribution < 1.29 is 0 Å². The van der Waals surface area contributed by atoms with Crippen LogP contribution >= 0.6 is 50.5 Å². The van der Waals surface area contributed by atoms with E-state index in [-0.39, 0.29) is 0 Å². The molecule has 0 N–H and O–H groups in total. The van der Waals surface area contributed by atoms with E-state index in [1.165, 1.54) is 0 Å². The molecule has 4 aromatic rings. The number of hydrogen-bond acceptors (Lipinski definition) is 2. The summed E-state index contributed by atoms with van der Waals surface area (Å²) in [6, 6.07) is 23.5. The Balaban J connectivity index is 1.92. The first-order valence-electron chi connectivity index (χ1n) is 8.13. The first-order valence-corrected chi connectivity index (χ1v) is 10.6. The normalized spacial score (nSPS) is 11.7. The van der Waals surface area contributed by atoms with E-state index < -0.39 is 0 Å². The lowest BCUT2D eigenvalue weighted by Gasteiger charge is -2.10. The number of rotatable bonds is 3. The van der Waals surface area contributed by atoms with Crippen LogP contribution in [0, 0.1) is 0 Å². The van der Waals surface area contributed by atoms with Crippen molar-refractivity contribution in [2.75, 3.05) is 0 Å². The molecule has 4 rings (SSSR count). The Morgan fingerprint density at radius 2 is 1.37 bits per heavy atom. The Hall–Kier alpha value is -1.85. The lowest BCUT2D eigenvalue weighted by Crippen LogP contribution is -2.13. The van der Waals surface area contributed by atoms with Crippen LogP contribution in [0.5, 0.6) is 0 Å². The van der Waals surface area contributed by atoms with Gasteiger partial charge < -0.3 is 0 Å². The standard InChI is InChI=1S/C21H13BrCl2N2S/c22-15-3-1-14(2-4-15)20-13-27-21(25-18-9-5-16(23)6-10-18)26(20)19-11-7-17(24)8-12-19/h1-13H. The molecule has 0 spiro atoms. The van der Waals surface area contributed by atoms with E-state index in [1.54, 1.807) is 11.3 Å². The van der Waals surface area contributed by atoms with E-state index in [2.05, 4.69) is 38.0 Å². The quantitative estimate of drug-likeness (QED) is 0.291. The fraction of sp³-hybridized carbons (Fsp3) is 0. The van der Waals surface area contributed by atoms with E-state index in [4.69, 9.17) is 28.2 Å². The van der Waals surface area contributed by atoms with E-state index in [9.17, 15) is 0 Å². The zero-order valence-corrected chi connectivity index (χ0v) is 17.9. The van der Waals surface area contributed by atoms with Crippen LogP contribution in [-0.4, -0.2) is 4.57 Å². The summed E-state index contributed by atoms with van der Waals surface area (Å²) in [7, 11) is 0. The molecule has 1 heterocycles. The fourth-order valence-corrected chi connectivity index (χ4v) is 4.12. The summed E-state index contributed by atoms with van der Waals surface area (Å²) in [6.07, 6.45) is 0. The van der Waals surface area contributed by atoms with Gasteiger partial charge in [0.15, 0.2) is 4.80 Å². The topological polar surface area (TPSA) is 17.3 Å². The van der Waals surface area contributed by atoms with Crippen molar-refractivity contribution in [2.24, 2.45) is 4.99 Å². The monoisotopic (exact) mass is 474 g/mol. The molecule has 134 valence electrons. The first-order chi connectivity index (χ1) is 13.1. The number of hydrogen-bond donors (Lipinski definition) is 0. The minimum Gasteiger partial charge on any atom is -0.285 e. The van der Waals surface area contributed by atoms with Gasteiger partial charge in [-0.05, 0) is 66.2 Å². The van der Waals surface area contributed by atoms with Gasteiger partial charge in [0, 0.05) is 25.6 Å². The van der Waals surface area contributed by atoms with E-state index in [0.29, 0.717) is 10.0 Å². The summed E-state index contributed by atoms with van der Waals surface area (Å²) in [4.78, 5) is 5.70. The van der Waals surface area contributed by atoms with Crippen LogP contribution in [0.1, 0.15) is 0 Å². The van der Waals surface area contributed by atoms with Crippen molar-refractivity contribution in [3.05, 3.63) is 97.5 Å². The SMILES string of the molecule is Clc1ccc(N=c2scc(-c3ccc(Br)cc3)n2-c2ccc(Cl)cc2)cc1. The van der Waals surface area contributed by atoms with Gasteiger partial charge in [0.25, 0.3) is 0 Å². The van der Waals surface area contributed by atoms with E-state index in [1.807, 2.05) is 60.7 Å². The Morgan fingerprint density at radius 1 is 0.778 bits per heavy atom. The number of halogens is 3. The van der Waals surface area contributed by atoms with Crippen LogP contribution in [0.25, 0.3) is 16.9 Å². The molecular weight excluding hydrogens is 463 g/mol. The Morgan fingerprint density at radius 3 is 2.00 bits per heavy atom. The number of nitrogens with zero attached hydrogens (tertiary/aromatic N) is 2. The lowest BCUT2D eigenvalue weighted by atomic mass is 10.1. The summed E-state index contributed by atoms with van der Waals surface area (Å²) in [6.45, 7) is 0. The van der Waals surface area contributed by atoms with Gasteiger partial charge in [0.05, 0.1) is 11.4 Å². The molecule has 0 aliphatic carbocycles. The lowest BCUT2D eigenvalue weighted by molar-refractivity contribution is 1.01. The molecule has 0 aliphatic rings. The van der Waals surface area contributed by atoms with Gasteiger partial charge >= 0.3 is 0 Å². The Labute approximate surface area is 179 Å². The summed E-state index contributed by atoms with van der Waals surface area (Å²) in [5.41, 5.74) is 4.04. The number of benzene rings is 3. The summed E-state index contributed by atoms with van der Waals surface area (Å²) >= 11 is 17.2. The van der Waals surface area contributed by atoms with Gasteiger partial charge in [-0.25, -0.2) is 4.99 Å². The fourth-order valence-electron chi connectivity index (χ4n) is 2.68. The Kier molecular flexibility index (Phi) is 5.50. The van der Waals surface area contributed by atoms with Gasteiger partial charge in [-0.2, -0.15) is 0 Å². The number of aromatic nitrogens is 1. The highest BCUT2D eigenvalue weighted by Crippen LogP contribution is 2.26. The molecule has 0 amide bonds. The second-order valence-corrected chi connectivity index (χ2v) is 8.44. The van der Waals surface area contributed by atoms with Crippen LogP contribution in [0.3, 0.4) is 0 Å². The van der Waals surface area contributed by atoms with Crippen LogP contribution in [0.2, 0.25) is 10.0 Å². The second kappa shape index (κ2) is 8.03. The molecule has 0 aliphatic heterocycles. The van der Waals surface area contributed by atoms with Gasteiger partial charge in [-0.3, -0.25) is 4.57 Å². The maximum absolute atomic E-state index is 6.08. The average Bonchev–Trinajstić information content (AvgIpc) is 3.08. The molecule has 0 unspecified atom stereocenters. The van der Waals surface area contributed by atoms with Crippen molar-refractivity contribution in [3.8, 4) is 16.9 Å². The smallest absolute Gasteiger partial charge is 0.195 e. The van der Waals surface area contributed by atoms with E-state index in [0.717, 1.165) is 31.9 Å². The third-order valence-corrected chi connectivity index (χ3v) is 5.84. The largest absolute Gasteiger partial charge is 0.285 e. The first kappa shape index (κ1) is 18.5. The Bertz CT molecular complexity index is 1130. The summed E-state index contributed by atoms with van der Waals surface area (Å²) in [5.74, 6) is 0. The summed E-state index contributed by atoms with van der Waals surface area (Å²) in [5, 5.41) is 3.52. The third kappa shape index (κ3) is 4.19. The molecule has 27 heavy (non-hydrogen) atoms. The highest BCUT2D eigenvalue weighted by molar-refractivity contribution is 9.10. The van der Waals surface area contributed by atoms with Crippen LogP contribution in [0.15, 0.2) is 87.6 Å². The van der Waals surface area contributed by atoms with Crippen LogP contribution < -0.4 is 4.80 Å². The molecule has 0 radical (unpaired) electrons. The molecule has 0 atom stereocenters. The van der Waals surface area contributed by atoms with Gasteiger partial charge in [0.2, 0.25) is 0 Å². The van der Waals surface area contributed by atoms with Crippen LogP contribution in [0.4, 0.5) is 5.69 Å². The summed E-state index contributed by atoms with van der Waals surface area (Å²) < 4.78 is 3.18. The zero-order chi connectivity index (χ0) is 18.8. The number of thiazole rings is 1. The van der Waals surface area contributed by atoms with Gasteiger partial charge in [-0.1, -0.05) is 51.3 Å². The molecule has 1 aromatic heterocycles. The molecule has 2 nitrogen and oxygen atoms in total. The van der Waals surface area contributed by atoms with Crippen molar-refractivity contribution in [1.29, 1.82) is 0 Å².